The summed E-state index contributed by atoms with van der Waals surface area (Å²) in [5.41, 5.74) is 5.89. The van der Waals surface area contributed by atoms with Crippen LogP contribution in [0.3, 0.4) is 0 Å². The van der Waals surface area contributed by atoms with E-state index in [1.54, 1.807) is 39.0 Å². The molecule has 21 heavy (non-hydrogen) atoms. The topological polar surface area (TPSA) is 93.8 Å². The lowest BCUT2D eigenvalue weighted by Gasteiger charge is -2.21. The quantitative estimate of drug-likeness (QED) is 0.776. The van der Waals surface area contributed by atoms with E-state index in [4.69, 9.17) is 15.2 Å². The van der Waals surface area contributed by atoms with Gasteiger partial charge >= 0.3 is 6.09 Å². The summed E-state index contributed by atoms with van der Waals surface area (Å²) in [7, 11) is 1.53. The zero-order valence-electron chi connectivity index (χ0n) is 13.0. The molecule has 1 aromatic carbocycles. The lowest BCUT2D eigenvalue weighted by molar-refractivity contribution is 0.0635. The number of ether oxygens (including phenoxy) is 2. The van der Waals surface area contributed by atoms with Crippen LogP contribution in [0.5, 0.6) is 5.75 Å². The highest BCUT2D eigenvalue weighted by atomic mass is 16.6. The maximum absolute atomic E-state index is 11.9. The van der Waals surface area contributed by atoms with E-state index < -0.39 is 17.8 Å². The van der Waals surface area contributed by atoms with Gasteiger partial charge in [0, 0.05) is 11.6 Å². The summed E-state index contributed by atoms with van der Waals surface area (Å²) in [4.78, 5) is 11.9. The molecule has 0 fully saturated rings. The Bertz CT molecular complexity index is 483. The number of nitrogens with two attached hydrogens (primary N) is 1. The number of carbonyl (C=O) groups is 1. The predicted molar refractivity (Wildman–Crippen MR) is 81.5 cm³/mol. The molecule has 0 spiro atoms. The molecule has 0 radical (unpaired) electrons. The van der Waals surface area contributed by atoms with Crippen molar-refractivity contribution in [2.75, 3.05) is 19.0 Å². The van der Waals surface area contributed by atoms with Gasteiger partial charge in [-0.3, -0.25) is 5.32 Å². The predicted octanol–water partition coefficient (Wildman–Crippen LogP) is 2.42. The Kier molecular flexibility index (Phi) is 5.99. The molecule has 0 bridgehead atoms. The number of anilines is 1. The molecule has 6 nitrogen and oxygen atoms in total. The first-order chi connectivity index (χ1) is 9.76. The molecule has 1 rings (SSSR count). The molecule has 0 saturated heterocycles. The summed E-state index contributed by atoms with van der Waals surface area (Å²) in [6, 6.07) is 5.06. The Hall–Kier alpha value is -1.79. The van der Waals surface area contributed by atoms with Crippen molar-refractivity contribution in [1.29, 1.82) is 0 Å². The summed E-state index contributed by atoms with van der Waals surface area (Å²) >= 11 is 0. The number of methoxy groups -OCH3 is 1. The van der Waals surface area contributed by atoms with Crippen LogP contribution in [0.1, 0.15) is 38.9 Å². The third kappa shape index (κ3) is 5.61. The molecule has 1 atom stereocenters. The van der Waals surface area contributed by atoms with Gasteiger partial charge in [-0.15, -0.1) is 0 Å². The van der Waals surface area contributed by atoms with E-state index in [9.17, 15) is 9.90 Å². The van der Waals surface area contributed by atoms with E-state index in [1.807, 2.05) is 0 Å². The van der Waals surface area contributed by atoms with Crippen molar-refractivity contribution in [3.05, 3.63) is 23.8 Å². The van der Waals surface area contributed by atoms with Crippen molar-refractivity contribution in [2.24, 2.45) is 5.73 Å². The van der Waals surface area contributed by atoms with Crippen molar-refractivity contribution in [1.82, 2.24) is 0 Å². The number of aliphatic hydroxyl groups is 1. The maximum Gasteiger partial charge on any atom is 0.412 e. The smallest absolute Gasteiger partial charge is 0.412 e. The molecular formula is C15H24N2O4. The van der Waals surface area contributed by atoms with Gasteiger partial charge in [0.25, 0.3) is 0 Å². The van der Waals surface area contributed by atoms with Crippen LogP contribution < -0.4 is 15.8 Å². The van der Waals surface area contributed by atoms with E-state index in [2.05, 4.69) is 5.32 Å². The van der Waals surface area contributed by atoms with E-state index in [0.29, 0.717) is 30.0 Å². The summed E-state index contributed by atoms with van der Waals surface area (Å²) in [6.45, 7) is 5.69. The fourth-order valence-corrected chi connectivity index (χ4v) is 1.79. The lowest BCUT2D eigenvalue weighted by Crippen LogP contribution is -2.27. The van der Waals surface area contributed by atoms with Crippen LogP contribution >= 0.6 is 0 Å². The van der Waals surface area contributed by atoms with Gasteiger partial charge in [-0.25, -0.2) is 4.79 Å². The fraction of sp³-hybridized carbons (Fsp3) is 0.533. The average molecular weight is 296 g/mol. The Morgan fingerprint density at radius 3 is 2.62 bits per heavy atom. The Morgan fingerprint density at radius 2 is 2.10 bits per heavy atom. The number of carbonyl (C=O) groups excluding carboxylic acids is 1. The van der Waals surface area contributed by atoms with Gasteiger partial charge in [0.05, 0.1) is 18.9 Å². The van der Waals surface area contributed by atoms with Gasteiger partial charge in [0.2, 0.25) is 0 Å². The van der Waals surface area contributed by atoms with Gasteiger partial charge in [0.1, 0.15) is 11.4 Å². The SMILES string of the molecule is COc1ccc(C(O)CCN)c(NC(=O)OC(C)(C)C)c1. The van der Waals surface area contributed by atoms with Gasteiger partial charge in [-0.05, 0) is 39.8 Å². The minimum atomic E-state index is -0.758. The standard InChI is InChI=1S/C15H24N2O4/c1-15(2,3)21-14(19)17-12-9-10(20-4)5-6-11(12)13(18)7-8-16/h5-6,9,13,18H,7-8,16H2,1-4H3,(H,17,19). The van der Waals surface area contributed by atoms with Crippen LogP contribution in [0.4, 0.5) is 10.5 Å². The average Bonchev–Trinajstić information content (AvgIpc) is 2.36. The number of amides is 1. The summed E-state index contributed by atoms with van der Waals surface area (Å²) in [5.74, 6) is 0.574. The maximum atomic E-state index is 11.9. The highest BCUT2D eigenvalue weighted by molar-refractivity contribution is 5.86. The molecule has 0 aliphatic rings. The molecule has 1 aromatic rings. The van der Waals surface area contributed by atoms with E-state index in [1.165, 1.54) is 7.11 Å². The van der Waals surface area contributed by atoms with Crippen molar-refractivity contribution >= 4 is 11.8 Å². The molecular weight excluding hydrogens is 272 g/mol. The Labute approximate surface area is 125 Å². The first-order valence-electron chi connectivity index (χ1n) is 6.83. The molecule has 0 saturated carbocycles. The highest BCUT2D eigenvalue weighted by Crippen LogP contribution is 2.29. The number of rotatable bonds is 5. The third-order valence-corrected chi connectivity index (χ3v) is 2.70. The van der Waals surface area contributed by atoms with E-state index >= 15 is 0 Å². The van der Waals surface area contributed by atoms with Crippen molar-refractivity contribution in [2.45, 2.75) is 38.9 Å². The van der Waals surface area contributed by atoms with Crippen molar-refractivity contribution < 1.29 is 19.4 Å². The van der Waals surface area contributed by atoms with Crippen LogP contribution in [-0.4, -0.2) is 30.5 Å². The van der Waals surface area contributed by atoms with Gasteiger partial charge in [-0.1, -0.05) is 6.07 Å². The molecule has 118 valence electrons. The minimum Gasteiger partial charge on any atom is -0.497 e. The molecule has 0 heterocycles. The van der Waals surface area contributed by atoms with Gasteiger partial charge in [-0.2, -0.15) is 0 Å². The van der Waals surface area contributed by atoms with E-state index in [0.717, 1.165) is 0 Å². The fourth-order valence-electron chi connectivity index (χ4n) is 1.79. The zero-order valence-corrected chi connectivity index (χ0v) is 13.0. The second kappa shape index (κ2) is 7.28. The first-order valence-corrected chi connectivity index (χ1v) is 6.83. The Morgan fingerprint density at radius 1 is 1.43 bits per heavy atom. The van der Waals surface area contributed by atoms with E-state index in [-0.39, 0.29) is 0 Å². The monoisotopic (exact) mass is 296 g/mol. The lowest BCUT2D eigenvalue weighted by atomic mass is 10.0. The second-order valence-electron chi connectivity index (χ2n) is 5.67. The summed E-state index contributed by atoms with van der Waals surface area (Å²) < 4.78 is 10.3. The number of nitrogens with one attached hydrogen (secondary N) is 1. The molecule has 0 aliphatic carbocycles. The second-order valence-corrected chi connectivity index (χ2v) is 5.67. The number of aliphatic hydroxyl groups excluding tert-OH is 1. The largest absolute Gasteiger partial charge is 0.497 e. The molecule has 6 heteroatoms. The minimum absolute atomic E-state index is 0.346. The summed E-state index contributed by atoms with van der Waals surface area (Å²) in [6.07, 6.45) is -0.946. The Balaban J connectivity index is 2.98. The highest BCUT2D eigenvalue weighted by Gasteiger charge is 2.19. The normalized spacial score (nSPS) is 12.7. The van der Waals surface area contributed by atoms with Crippen LogP contribution in [-0.2, 0) is 4.74 Å². The third-order valence-electron chi connectivity index (χ3n) is 2.70. The molecule has 4 N–H and O–H groups in total. The molecule has 1 amide bonds. The van der Waals surface area contributed by atoms with Gasteiger partial charge < -0.3 is 20.3 Å². The van der Waals surface area contributed by atoms with Gasteiger partial charge in [0.15, 0.2) is 0 Å². The number of hydrogen-bond donors (Lipinski definition) is 3. The first kappa shape index (κ1) is 17.3. The number of hydrogen-bond acceptors (Lipinski definition) is 5. The van der Waals surface area contributed by atoms with Crippen LogP contribution in [0.25, 0.3) is 0 Å². The summed E-state index contributed by atoms with van der Waals surface area (Å²) in [5, 5.41) is 12.7. The van der Waals surface area contributed by atoms with Crippen LogP contribution in [0.15, 0.2) is 18.2 Å². The van der Waals surface area contributed by atoms with Crippen molar-refractivity contribution in [3.63, 3.8) is 0 Å². The molecule has 1 unspecified atom stereocenters. The zero-order chi connectivity index (χ0) is 16.0. The molecule has 0 aromatic heterocycles. The van der Waals surface area contributed by atoms with Crippen LogP contribution in [0.2, 0.25) is 0 Å². The number of benzene rings is 1. The molecule has 0 aliphatic heterocycles. The van der Waals surface area contributed by atoms with Crippen LogP contribution in [0, 0.1) is 0 Å². The van der Waals surface area contributed by atoms with Crippen molar-refractivity contribution in [3.8, 4) is 5.75 Å².